The van der Waals surface area contributed by atoms with Crippen molar-refractivity contribution in [2.75, 3.05) is 26.2 Å². The van der Waals surface area contributed by atoms with E-state index in [2.05, 4.69) is 67.9 Å². The fourth-order valence-electron chi connectivity index (χ4n) is 5.36. The van der Waals surface area contributed by atoms with Crippen molar-refractivity contribution in [1.29, 1.82) is 0 Å². The Morgan fingerprint density at radius 1 is 0.758 bits per heavy atom. The number of hydrogen-bond acceptors (Lipinski definition) is 0. The van der Waals surface area contributed by atoms with Crippen molar-refractivity contribution in [3.8, 4) is 0 Å². The quantitative estimate of drug-likeness (QED) is 0.451. The van der Waals surface area contributed by atoms with E-state index in [-0.39, 0.29) is 0 Å². The van der Waals surface area contributed by atoms with Crippen molar-refractivity contribution < 1.29 is 9.80 Å². The highest BCUT2D eigenvalue weighted by molar-refractivity contribution is 5.18. The van der Waals surface area contributed by atoms with Gasteiger partial charge in [-0.1, -0.05) is 56.2 Å². The summed E-state index contributed by atoms with van der Waals surface area (Å²) in [7, 11) is 0. The fourth-order valence-corrected chi connectivity index (χ4v) is 5.36. The first-order chi connectivity index (χ1) is 16.3. The van der Waals surface area contributed by atoms with Gasteiger partial charge in [-0.25, -0.2) is 0 Å². The molecular weight excluding hydrogens is 400 g/mol. The molecule has 0 spiro atoms. The average Bonchev–Trinajstić information content (AvgIpc) is 2.82. The van der Waals surface area contributed by atoms with Crippen LogP contribution in [-0.2, 0) is 0 Å². The van der Waals surface area contributed by atoms with E-state index in [0.29, 0.717) is 0 Å². The zero-order valence-corrected chi connectivity index (χ0v) is 21.4. The van der Waals surface area contributed by atoms with Crippen LogP contribution in [0.15, 0.2) is 72.2 Å². The predicted octanol–water partition coefficient (Wildman–Crippen LogP) is 5.50. The molecule has 0 aliphatic carbocycles. The molecule has 2 unspecified atom stereocenters. The molecule has 3 aliphatic heterocycles. The molecule has 3 aliphatic rings. The van der Waals surface area contributed by atoms with Gasteiger partial charge >= 0.3 is 0 Å². The largest absolute Gasteiger partial charge is 0.305 e. The van der Waals surface area contributed by atoms with Gasteiger partial charge in [0.05, 0.1) is 25.5 Å². The first-order valence-corrected chi connectivity index (χ1v) is 14.0. The summed E-state index contributed by atoms with van der Waals surface area (Å²) in [5.74, 6) is 0.808. The molecule has 0 fully saturated rings. The molecule has 2 heteroatoms. The molecule has 33 heavy (non-hydrogen) atoms. The minimum atomic E-state index is 0.808. The zero-order valence-electron chi connectivity index (χ0n) is 21.4. The first-order valence-electron chi connectivity index (χ1n) is 14.0. The van der Waals surface area contributed by atoms with Gasteiger partial charge in [0.25, 0.3) is 0 Å². The SMILES string of the molecule is C[C@@H]1CCCC/C=C\CCC2=CC=C[NH+](CCCCCC/C=C\CCC3=C[NH+](CC=C3)C1)C2. The molecule has 0 radical (unpaired) electrons. The second kappa shape index (κ2) is 16.1. The van der Waals surface area contributed by atoms with Crippen LogP contribution in [0.4, 0.5) is 0 Å². The lowest BCUT2D eigenvalue weighted by Crippen LogP contribution is -3.08. The molecule has 4 bridgehead atoms. The number of fused-ring (bicyclic) bond motifs is 3. The Morgan fingerprint density at radius 2 is 1.52 bits per heavy atom. The van der Waals surface area contributed by atoms with E-state index in [1.54, 1.807) is 15.4 Å². The topological polar surface area (TPSA) is 8.88 Å². The third-order valence-electron chi connectivity index (χ3n) is 7.33. The molecular formula is C31H50N2+2. The van der Waals surface area contributed by atoms with E-state index in [1.165, 1.54) is 109 Å². The Labute approximate surface area is 204 Å². The second-order valence-corrected chi connectivity index (χ2v) is 10.6. The summed E-state index contributed by atoms with van der Waals surface area (Å²) in [5.41, 5.74) is 3.16. The zero-order chi connectivity index (χ0) is 23.0. The molecule has 2 nitrogen and oxygen atoms in total. The number of rotatable bonds is 0. The Kier molecular flexibility index (Phi) is 12.6. The van der Waals surface area contributed by atoms with Crippen LogP contribution in [0.1, 0.15) is 90.4 Å². The van der Waals surface area contributed by atoms with Crippen molar-refractivity contribution in [3.63, 3.8) is 0 Å². The van der Waals surface area contributed by atoms with Crippen molar-refractivity contribution in [1.82, 2.24) is 0 Å². The van der Waals surface area contributed by atoms with Crippen LogP contribution in [0.5, 0.6) is 0 Å². The summed E-state index contributed by atoms with van der Waals surface area (Å²) in [6.45, 7) is 7.40. The Hall–Kier alpha value is -1.64. The number of nitrogens with one attached hydrogen (secondary N) is 2. The second-order valence-electron chi connectivity index (χ2n) is 10.6. The van der Waals surface area contributed by atoms with Gasteiger partial charge in [0.2, 0.25) is 0 Å². The van der Waals surface area contributed by atoms with Crippen LogP contribution in [0, 0.1) is 5.92 Å². The van der Waals surface area contributed by atoms with E-state index in [4.69, 9.17) is 0 Å². The summed E-state index contributed by atoms with van der Waals surface area (Å²) < 4.78 is 0. The maximum atomic E-state index is 2.51. The molecule has 3 heterocycles. The minimum absolute atomic E-state index is 0.808. The molecule has 3 rings (SSSR count). The molecule has 3 atom stereocenters. The van der Waals surface area contributed by atoms with Gasteiger partial charge < -0.3 is 9.80 Å². The normalized spacial score (nSPS) is 31.2. The van der Waals surface area contributed by atoms with E-state index in [9.17, 15) is 0 Å². The monoisotopic (exact) mass is 450 g/mol. The van der Waals surface area contributed by atoms with E-state index in [1.807, 2.05) is 0 Å². The summed E-state index contributed by atoms with van der Waals surface area (Å²) in [4.78, 5) is 3.30. The van der Waals surface area contributed by atoms with E-state index < -0.39 is 0 Å². The van der Waals surface area contributed by atoms with Gasteiger partial charge in [-0.05, 0) is 88.4 Å². The van der Waals surface area contributed by atoms with Crippen molar-refractivity contribution in [2.24, 2.45) is 5.92 Å². The van der Waals surface area contributed by atoms with Gasteiger partial charge in [-0.2, -0.15) is 0 Å². The summed E-state index contributed by atoms with van der Waals surface area (Å²) in [6.07, 6.45) is 40.8. The molecule has 0 saturated carbocycles. The van der Waals surface area contributed by atoms with Crippen molar-refractivity contribution in [2.45, 2.75) is 90.4 Å². The maximum absolute atomic E-state index is 2.51. The Balaban J connectivity index is 1.45. The van der Waals surface area contributed by atoms with Crippen LogP contribution >= 0.6 is 0 Å². The van der Waals surface area contributed by atoms with Crippen LogP contribution in [0.2, 0.25) is 0 Å². The molecule has 0 saturated heterocycles. The fraction of sp³-hybridized carbons (Fsp3) is 0.613. The lowest BCUT2D eigenvalue weighted by atomic mass is 10.0. The third kappa shape index (κ3) is 11.4. The average molecular weight is 451 g/mol. The number of quaternary nitrogens is 2. The van der Waals surface area contributed by atoms with Gasteiger partial charge in [-0.15, -0.1) is 0 Å². The van der Waals surface area contributed by atoms with Crippen molar-refractivity contribution in [3.05, 3.63) is 72.2 Å². The first kappa shape index (κ1) is 26.0. The van der Waals surface area contributed by atoms with Crippen LogP contribution in [0.3, 0.4) is 0 Å². The Morgan fingerprint density at radius 3 is 2.39 bits per heavy atom. The van der Waals surface area contributed by atoms with Gasteiger partial charge in [0.1, 0.15) is 13.1 Å². The minimum Gasteiger partial charge on any atom is -0.305 e. The molecule has 182 valence electrons. The highest BCUT2D eigenvalue weighted by Crippen LogP contribution is 2.12. The van der Waals surface area contributed by atoms with Crippen molar-refractivity contribution >= 4 is 0 Å². The highest BCUT2D eigenvalue weighted by atomic mass is 15.1. The predicted molar refractivity (Wildman–Crippen MR) is 143 cm³/mol. The highest BCUT2D eigenvalue weighted by Gasteiger charge is 2.14. The van der Waals surface area contributed by atoms with Crippen LogP contribution in [0.25, 0.3) is 0 Å². The lowest BCUT2D eigenvalue weighted by Gasteiger charge is -2.21. The smallest absolute Gasteiger partial charge is 0.103 e. The Bertz CT molecular complexity index is 721. The van der Waals surface area contributed by atoms with E-state index >= 15 is 0 Å². The van der Waals surface area contributed by atoms with Crippen LogP contribution in [-0.4, -0.2) is 26.2 Å². The van der Waals surface area contributed by atoms with E-state index in [0.717, 1.165) is 12.5 Å². The molecule has 0 aromatic carbocycles. The van der Waals surface area contributed by atoms with Crippen LogP contribution < -0.4 is 9.80 Å². The molecule has 0 amide bonds. The van der Waals surface area contributed by atoms with Gasteiger partial charge in [0, 0.05) is 11.5 Å². The number of hydrogen-bond donors (Lipinski definition) is 2. The third-order valence-corrected chi connectivity index (χ3v) is 7.33. The van der Waals surface area contributed by atoms with Gasteiger partial charge in [0.15, 0.2) is 0 Å². The standard InChI is InChI=1S/C31H48N2/c1-29-18-12-8-5-6-10-13-19-30-21-16-24-32(27-30)23-15-11-7-3-2-4-9-14-20-31-22-17-25-33(26-29)28-31/h4,6,9-10,16-17,21-22,24,28-29H,2-3,5,7-8,11-15,18-20,23,25-27H2,1H3/p+2/b9-4-,10-6-/t29-/m1/s1. The summed E-state index contributed by atoms with van der Waals surface area (Å²) >= 11 is 0. The lowest BCUT2D eigenvalue weighted by molar-refractivity contribution is -0.845. The molecule has 0 aromatic heterocycles. The number of allylic oxidation sites excluding steroid dienone is 8. The van der Waals surface area contributed by atoms with Gasteiger partial charge in [-0.3, -0.25) is 0 Å². The summed E-state index contributed by atoms with van der Waals surface area (Å²) in [6, 6.07) is 0. The molecule has 2 N–H and O–H groups in total. The maximum Gasteiger partial charge on any atom is 0.103 e. The summed E-state index contributed by atoms with van der Waals surface area (Å²) in [5, 5.41) is 0. The molecule has 0 aromatic rings.